The number of amides is 2. The van der Waals surface area contributed by atoms with Crippen LogP contribution in [0.3, 0.4) is 0 Å². The van der Waals surface area contributed by atoms with Crippen molar-refractivity contribution in [3.05, 3.63) is 47.7 Å². The third-order valence-electron chi connectivity index (χ3n) is 3.48. The number of hydrogen-bond donors (Lipinski definition) is 3. The van der Waals surface area contributed by atoms with Gasteiger partial charge in [-0.2, -0.15) is 0 Å². The van der Waals surface area contributed by atoms with Crippen molar-refractivity contribution in [3.63, 3.8) is 0 Å². The summed E-state index contributed by atoms with van der Waals surface area (Å²) in [6.07, 6.45) is 6.23. The number of para-hydroxylation sites is 2. The summed E-state index contributed by atoms with van der Waals surface area (Å²) in [6.45, 7) is 3.27. The van der Waals surface area contributed by atoms with Crippen LogP contribution in [0.5, 0.6) is 0 Å². The first kappa shape index (κ1) is 15.0. The summed E-state index contributed by atoms with van der Waals surface area (Å²) in [5.41, 5.74) is 15.2. The van der Waals surface area contributed by atoms with E-state index >= 15 is 0 Å². The lowest BCUT2D eigenvalue weighted by Crippen LogP contribution is -2.38. The molecule has 2 amide bonds. The second-order valence-electron chi connectivity index (χ2n) is 5.01. The number of nitrogen functional groups attached to an aromatic ring is 1. The lowest BCUT2D eigenvalue weighted by molar-refractivity contribution is 0.249. The number of primary amides is 1. The predicted molar refractivity (Wildman–Crippen MR) is 86.9 cm³/mol. The molecule has 21 heavy (non-hydrogen) atoms. The molecule has 1 aliphatic heterocycles. The predicted octanol–water partition coefficient (Wildman–Crippen LogP) is 2.37. The quantitative estimate of drug-likeness (QED) is 0.726. The van der Waals surface area contributed by atoms with Crippen LogP contribution in [-0.2, 0) is 0 Å². The first-order valence-corrected chi connectivity index (χ1v) is 7.17. The number of carbonyl (C=O) groups is 1. The van der Waals surface area contributed by atoms with Gasteiger partial charge in [0.05, 0.1) is 17.9 Å². The molecular formula is C16H22N4O. The van der Waals surface area contributed by atoms with Gasteiger partial charge in [0.1, 0.15) is 0 Å². The van der Waals surface area contributed by atoms with Crippen LogP contribution in [0, 0.1) is 0 Å². The highest BCUT2D eigenvalue weighted by atomic mass is 16.2. The highest BCUT2D eigenvalue weighted by Crippen LogP contribution is 2.30. The number of anilines is 2. The van der Waals surface area contributed by atoms with E-state index in [9.17, 15) is 4.79 Å². The Balaban J connectivity index is 2.36. The summed E-state index contributed by atoms with van der Waals surface area (Å²) >= 11 is 0. The van der Waals surface area contributed by atoms with Crippen molar-refractivity contribution < 1.29 is 4.79 Å². The summed E-state index contributed by atoms with van der Waals surface area (Å²) in [5.74, 6) is 0. The van der Waals surface area contributed by atoms with Gasteiger partial charge < -0.3 is 21.7 Å². The van der Waals surface area contributed by atoms with E-state index in [-0.39, 0.29) is 0 Å². The Morgan fingerprint density at radius 3 is 2.81 bits per heavy atom. The van der Waals surface area contributed by atoms with Gasteiger partial charge in [0.25, 0.3) is 0 Å². The zero-order valence-electron chi connectivity index (χ0n) is 12.3. The zero-order valence-corrected chi connectivity index (χ0v) is 12.3. The Morgan fingerprint density at radius 2 is 2.14 bits per heavy atom. The molecule has 5 heteroatoms. The fourth-order valence-corrected chi connectivity index (χ4v) is 2.53. The van der Waals surface area contributed by atoms with Gasteiger partial charge >= 0.3 is 6.03 Å². The minimum Gasteiger partial charge on any atom is -0.397 e. The maximum atomic E-state index is 11.0. The van der Waals surface area contributed by atoms with E-state index in [1.165, 1.54) is 5.57 Å². The van der Waals surface area contributed by atoms with Crippen molar-refractivity contribution in [3.8, 4) is 0 Å². The van der Waals surface area contributed by atoms with Crippen molar-refractivity contribution in [1.29, 1.82) is 0 Å². The van der Waals surface area contributed by atoms with Crippen LogP contribution in [-0.4, -0.2) is 19.1 Å². The third-order valence-corrected chi connectivity index (χ3v) is 3.48. The van der Waals surface area contributed by atoms with Crippen LogP contribution in [0.4, 0.5) is 16.2 Å². The Bertz CT molecular complexity index is 577. The van der Waals surface area contributed by atoms with Crippen molar-refractivity contribution in [1.82, 2.24) is 5.32 Å². The van der Waals surface area contributed by atoms with Gasteiger partial charge in [0, 0.05) is 12.2 Å². The first-order valence-electron chi connectivity index (χ1n) is 7.17. The molecule has 0 fully saturated rings. The molecule has 0 radical (unpaired) electrons. The SMILES string of the molecule is CCCC1=C(CNC(N)=O)N(c2ccccc2N)CC=C1. The summed E-state index contributed by atoms with van der Waals surface area (Å²) in [4.78, 5) is 13.2. The molecule has 1 aliphatic rings. The minimum absolute atomic E-state index is 0.406. The highest BCUT2D eigenvalue weighted by molar-refractivity contribution is 5.74. The van der Waals surface area contributed by atoms with Crippen molar-refractivity contribution in [2.45, 2.75) is 19.8 Å². The Kier molecular flexibility index (Phi) is 4.87. The fourth-order valence-electron chi connectivity index (χ4n) is 2.53. The fraction of sp³-hybridized carbons (Fsp3) is 0.312. The second-order valence-corrected chi connectivity index (χ2v) is 5.01. The van der Waals surface area contributed by atoms with Crippen LogP contribution < -0.4 is 21.7 Å². The average Bonchev–Trinajstić information content (AvgIpc) is 2.46. The Labute approximate surface area is 125 Å². The minimum atomic E-state index is -0.520. The number of nitrogens with one attached hydrogen (secondary N) is 1. The third kappa shape index (κ3) is 3.56. The summed E-state index contributed by atoms with van der Waals surface area (Å²) in [5, 5.41) is 2.69. The summed E-state index contributed by atoms with van der Waals surface area (Å²) in [7, 11) is 0. The van der Waals surface area contributed by atoms with Crippen LogP contribution in [0.1, 0.15) is 19.8 Å². The molecule has 5 N–H and O–H groups in total. The molecule has 0 bridgehead atoms. The normalized spacial score (nSPS) is 14.4. The number of nitrogens with two attached hydrogens (primary N) is 2. The van der Waals surface area contributed by atoms with Crippen molar-refractivity contribution in [2.24, 2.45) is 5.73 Å². The van der Waals surface area contributed by atoms with Crippen LogP contribution in [0.2, 0.25) is 0 Å². The van der Waals surface area contributed by atoms with Gasteiger partial charge in [-0.3, -0.25) is 0 Å². The zero-order chi connectivity index (χ0) is 15.2. The van der Waals surface area contributed by atoms with E-state index in [0.717, 1.165) is 36.5 Å². The number of benzene rings is 1. The van der Waals surface area contributed by atoms with E-state index < -0.39 is 6.03 Å². The van der Waals surface area contributed by atoms with Crippen molar-refractivity contribution >= 4 is 17.4 Å². The second kappa shape index (κ2) is 6.83. The van der Waals surface area contributed by atoms with Gasteiger partial charge in [0.15, 0.2) is 0 Å². The topological polar surface area (TPSA) is 84.4 Å². The number of rotatable bonds is 5. The van der Waals surface area contributed by atoms with Gasteiger partial charge in [0.2, 0.25) is 0 Å². The van der Waals surface area contributed by atoms with Crippen LogP contribution in [0.25, 0.3) is 0 Å². The van der Waals surface area contributed by atoms with E-state index in [1.807, 2.05) is 24.3 Å². The molecule has 0 aromatic heterocycles. The van der Waals surface area contributed by atoms with Gasteiger partial charge in [-0.25, -0.2) is 4.79 Å². The van der Waals surface area contributed by atoms with Crippen molar-refractivity contribution in [2.75, 3.05) is 23.7 Å². The largest absolute Gasteiger partial charge is 0.397 e. The molecule has 0 unspecified atom stereocenters. The van der Waals surface area contributed by atoms with Gasteiger partial charge in [-0.1, -0.05) is 37.6 Å². The van der Waals surface area contributed by atoms with E-state index in [2.05, 4.69) is 29.3 Å². The highest BCUT2D eigenvalue weighted by Gasteiger charge is 2.19. The Morgan fingerprint density at radius 1 is 1.38 bits per heavy atom. The number of allylic oxidation sites excluding steroid dienone is 2. The number of carbonyl (C=O) groups excluding carboxylic acids is 1. The van der Waals surface area contributed by atoms with Crippen LogP contribution in [0.15, 0.2) is 47.7 Å². The van der Waals surface area contributed by atoms with E-state index in [4.69, 9.17) is 11.5 Å². The molecule has 0 spiro atoms. The first-order chi connectivity index (χ1) is 10.1. The maximum absolute atomic E-state index is 11.0. The molecule has 5 nitrogen and oxygen atoms in total. The smallest absolute Gasteiger partial charge is 0.312 e. The number of urea groups is 1. The lowest BCUT2D eigenvalue weighted by atomic mass is 10.0. The monoisotopic (exact) mass is 286 g/mol. The summed E-state index contributed by atoms with van der Waals surface area (Å²) in [6, 6.07) is 7.22. The van der Waals surface area contributed by atoms with Crippen LogP contribution >= 0.6 is 0 Å². The van der Waals surface area contributed by atoms with Gasteiger partial charge in [-0.05, 0) is 24.1 Å². The van der Waals surface area contributed by atoms with E-state index in [1.54, 1.807) is 0 Å². The number of nitrogens with zero attached hydrogens (tertiary/aromatic N) is 1. The molecule has 0 saturated heterocycles. The number of hydrogen-bond acceptors (Lipinski definition) is 3. The summed E-state index contributed by atoms with van der Waals surface area (Å²) < 4.78 is 0. The lowest BCUT2D eigenvalue weighted by Gasteiger charge is -2.32. The molecule has 0 atom stereocenters. The van der Waals surface area contributed by atoms with E-state index in [0.29, 0.717) is 6.54 Å². The van der Waals surface area contributed by atoms with Gasteiger partial charge in [-0.15, -0.1) is 0 Å². The molecule has 0 saturated carbocycles. The molecule has 2 rings (SSSR count). The average molecular weight is 286 g/mol. The molecule has 1 heterocycles. The molecule has 1 aromatic carbocycles. The maximum Gasteiger partial charge on any atom is 0.312 e. The Hall–Kier alpha value is -2.43. The standard InChI is InChI=1S/C16H22N4O/c1-2-6-12-7-5-10-20(15(12)11-19-16(18)21)14-9-4-3-8-13(14)17/h3-5,7-9H,2,6,10-11,17H2,1H3,(H3,18,19,21). The molecule has 1 aromatic rings. The molecule has 0 aliphatic carbocycles. The molecule has 112 valence electrons. The molecular weight excluding hydrogens is 264 g/mol.